The van der Waals surface area contributed by atoms with Crippen LogP contribution in [0.2, 0.25) is 5.02 Å². The van der Waals surface area contributed by atoms with E-state index in [0.717, 1.165) is 0 Å². The molecule has 0 heterocycles. The molecule has 0 saturated heterocycles. The fraction of sp³-hybridized carbons (Fsp3) is 0.364. The van der Waals surface area contributed by atoms with Gasteiger partial charge in [-0.05, 0) is 30.2 Å². The lowest BCUT2D eigenvalue weighted by molar-refractivity contribution is -0.154. The summed E-state index contributed by atoms with van der Waals surface area (Å²) in [5.41, 5.74) is 8.97. The molecule has 0 saturated carbocycles. The second kappa shape index (κ2) is 6.86. The van der Waals surface area contributed by atoms with E-state index < -0.39 is 18.1 Å². The molecule has 0 amide bonds. The minimum Gasteiger partial charge on any atom is -0.464 e. The lowest BCUT2D eigenvalue weighted by Gasteiger charge is -2.17. The summed E-state index contributed by atoms with van der Waals surface area (Å²) >= 11 is 5.73. The Morgan fingerprint density at radius 2 is 2.17 bits per heavy atom. The lowest BCUT2D eigenvalue weighted by atomic mass is 10.0. The average molecular weight is 270 g/mol. The van der Waals surface area contributed by atoms with E-state index in [2.05, 4.69) is 14.8 Å². The molecule has 96 valence electrons. The molecule has 1 aromatic rings. The highest BCUT2D eigenvalue weighted by atomic mass is 35.5. The Morgan fingerprint density at radius 1 is 1.56 bits per heavy atom. The molecule has 0 fully saturated rings. The number of carbonyl (C=O) groups excluding carboxylic acids is 1. The highest BCUT2D eigenvalue weighted by molar-refractivity contribution is 6.30. The first-order chi connectivity index (χ1) is 8.60. The number of benzene rings is 1. The van der Waals surface area contributed by atoms with Gasteiger partial charge in [-0.3, -0.25) is 0 Å². The standard InChI is InChI=1S/C11H12ClN3O3/c1-2-18-11(17)10(16)9(14-15-13)7-3-5-8(12)6-4-7/h3-6,9-10,16H,2H2,1H3/t9-,10+/m0/s1. The summed E-state index contributed by atoms with van der Waals surface area (Å²) in [6.07, 6.45) is -1.54. The highest BCUT2D eigenvalue weighted by Crippen LogP contribution is 2.24. The quantitative estimate of drug-likeness (QED) is 0.385. The summed E-state index contributed by atoms with van der Waals surface area (Å²) in [6, 6.07) is 5.27. The van der Waals surface area contributed by atoms with E-state index in [1.54, 1.807) is 31.2 Å². The van der Waals surface area contributed by atoms with Gasteiger partial charge in [-0.15, -0.1) is 0 Å². The van der Waals surface area contributed by atoms with E-state index in [9.17, 15) is 9.90 Å². The minimum atomic E-state index is -1.54. The van der Waals surface area contributed by atoms with Crippen LogP contribution in [-0.4, -0.2) is 23.8 Å². The van der Waals surface area contributed by atoms with Crippen molar-refractivity contribution in [1.29, 1.82) is 0 Å². The summed E-state index contributed by atoms with van der Waals surface area (Å²) in [7, 11) is 0. The Labute approximate surface area is 109 Å². The molecule has 0 aromatic heterocycles. The molecular weight excluding hydrogens is 258 g/mol. The van der Waals surface area contributed by atoms with Crippen LogP contribution in [0.5, 0.6) is 0 Å². The van der Waals surface area contributed by atoms with Gasteiger partial charge in [-0.1, -0.05) is 28.8 Å². The van der Waals surface area contributed by atoms with Crippen LogP contribution >= 0.6 is 11.6 Å². The van der Waals surface area contributed by atoms with Crippen LogP contribution in [0, 0.1) is 0 Å². The zero-order valence-electron chi connectivity index (χ0n) is 9.65. The number of carbonyl (C=O) groups is 1. The SMILES string of the molecule is CCOC(=O)[C@H](O)[C@@H](N=[N+]=[N-])c1ccc(Cl)cc1. The molecule has 0 aliphatic rings. The van der Waals surface area contributed by atoms with Gasteiger partial charge in [0, 0.05) is 9.93 Å². The summed E-state index contributed by atoms with van der Waals surface area (Å²) in [6.45, 7) is 1.76. The summed E-state index contributed by atoms with van der Waals surface area (Å²) in [5.74, 6) is -0.829. The van der Waals surface area contributed by atoms with Gasteiger partial charge in [-0.2, -0.15) is 0 Å². The number of nitrogens with zero attached hydrogens (tertiary/aromatic N) is 3. The predicted molar refractivity (Wildman–Crippen MR) is 66.0 cm³/mol. The number of hydrogen-bond donors (Lipinski definition) is 1. The first-order valence-electron chi connectivity index (χ1n) is 5.24. The normalized spacial score (nSPS) is 13.3. The largest absolute Gasteiger partial charge is 0.464 e. The molecule has 1 aromatic carbocycles. The maximum atomic E-state index is 11.4. The van der Waals surface area contributed by atoms with Crippen molar-refractivity contribution < 1.29 is 14.6 Å². The van der Waals surface area contributed by atoms with Crippen LogP contribution in [-0.2, 0) is 9.53 Å². The molecule has 7 heteroatoms. The number of rotatable bonds is 5. The van der Waals surface area contributed by atoms with Gasteiger partial charge in [0.25, 0.3) is 0 Å². The Kier molecular flexibility index (Phi) is 5.45. The van der Waals surface area contributed by atoms with Gasteiger partial charge in [0.15, 0.2) is 6.10 Å². The lowest BCUT2D eigenvalue weighted by Crippen LogP contribution is -2.28. The van der Waals surface area contributed by atoms with E-state index in [4.69, 9.17) is 17.1 Å². The van der Waals surface area contributed by atoms with E-state index in [1.165, 1.54) is 0 Å². The Bertz CT molecular complexity index is 457. The molecule has 0 unspecified atom stereocenters. The number of ether oxygens (including phenoxy) is 1. The molecule has 18 heavy (non-hydrogen) atoms. The molecule has 1 N–H and O–H groups in total. The molecule has 0 aliphatic heterocycles. The number of aliphatic hydroxyl groups excluding tert-OH is 1. The smallest absolute Gasteiger partial charge is 0.335 e. The van der Waals surface area contributed by atoms with Gasteiger partial charge < -0.3 is 9.84 Å². The second-order valence-corrected chi connectivity index (χ2v) is 3.83. The zero-order valence-corrected chi connectivity index (χ0v) is 10.4. The predicted octanol–water partition coefficient (Wildman–Crippen LogP) is 2.62. The van der Waals surface area contributed by atoms with Crippen molar-refractivity contribution in [3.63, 3.8) is 0 Å². The van der Waals surface area contributed by atoms with E-state index >= 15 is 0 Å². The van der Waals surface area contributed by atoms with E-state index in [-0.39, 0.29) is 6.61 Å². The number of azide groups is 1. The molecule has 1 rings (SSSR count). The topological polar surface area (TPSA) is 95.3 Å². The minimum absolute atomic E-state index is 0.138. The summed E-state index contributed by atoms with van der Waals surface area (Å²) in [5, 5.41) is 13.7. The fourth-order valence-electron chi connectivity index (χ4n) is 1.38. The number of aliphatic hydroxyl groups is 1. The number of halogens is 1. The molecule has 6 nitrogen and oxygen atoms in total. The summed E-state index contributed by atoms with van der Waals surface area (Å²) < 4.78 is 4.68. The van der Waals surface area contributed by atoms with Crippen molar-refractivity contribution in [3.05, 3.63) is 45.3 Å². The van der Waals surface area contributed by atoms with Gasteiger partial charge >= 0.3 is 5.97 Å². The van der Waals surface area contributed by atoms with Gasteiger partial charge in [0.05, 0.1) is 12.6 Å². The second-order valence-electron chi connectivity index (χ2n) is 3.40. The maximum Gasteiger partial charge on any atom is 0.335 e. The van der Waals surface area contributed by atoms with Crippen LogP contribution in [0.15, 0.2) is 29.4 Å². The van der Waals surface area contributed by atoms with Crippen LogP contribution in [0.3, 0.4) is 0 Å². The van der Waals surface area contributed by atoms with Crippen molar-refractivity contribution >= 4 is 17.6 Å². The third-order valence-corrected chi connectivity index (χ3v) is 2.47. The van der Waals surface area contributed by atoms with Crippen LogP contribution in [0.1, 0.15) is 18.5 Å². The van der Waals surface area contributed by atoms with Crippen molar-refractivity contribution in [2.75, 3.05) is 6.61 Å². The summed E-state index contributed by atoms with van der Waals surface area (Å²) in [4.78, 5) is 14.0. The maximum absolute atomic E-state index is 11.4. The monoisotopic (exact) mass is 269 g/mol. The Morgan fingerprint density at radius 3 is 2.67 bits per heavy atom. The van der Waals surface area contributed by atoms with Gasteiger partial charge in [0.1, 0.15) is 0 Å². The van der Waals surface area contributed by atoms with Crippen molar-refractivity contribution in [2.45, 2.75) is 19.1 Å². The number of hydrogen-bond acceptors (Lipinski definition) is 4. The zero-order chi connectivity index (χ0) is 13.5. The Balaban J connectivity index is 2.98. The molecule has 0 radical (unpaired) electrons. The fourth-order valence-corrected chi connectivity index (χ4v) is 1.51. The van der Waals surface area contributed by atoms with Crippen molar-refractivity contribution in [2.24, 2.45) is 5.11 Å². The van der Waals surface area contributed by atoms with Gasteiger partial charge in [-0.25, -0.2) is 4.79 Å². The van der Waals surface area contributed by atoms with E-state index in [0.29, 0.717) is 10.6 Å². The highest BCUT2D eigenvalue weighted by Gasteiger charge is 2.27. The first kappa shape index (κ1) is 14.3. The van der Waals surface area contributed by atoms with Crippen LogP contribution in [0.4, 0.5) is 0 Å². The van der Waals surface area contributed by atoms with Crippen molar-refractivity contribution in [1.82, 2.24) is 0 Å². The molecular formula is C11H12ClN3O3. The van der Waals surface area contributed by atoms with E-state index in [1.807, 2.05) is 0 Å². The third-order valence-electron chi connectivity index (χ3n) is 2.21. The molecule has 0 bridgehead atoms. The van der Waals surface area contributed by atoms with Gasteiger partial charge in [0.2, 0.25) is 0 Å². The molecule has 2 atom stereocenters. The molecule has 0 spiro atoms. The van der Waals surface area contributed by atoms with Crippen LogP contribution in [0.25, 0.3) is 10.4 Å². The average Bonchev–Trinajstić information content (AvgIpc) is 2.37. The molecule has 0 aliphatic carbocycles. The third kappa shape index (κ3) is 3.63. The van der Waals surface area contributed by atoms with Crippen molar-refractivity contribution in [3.8, 4) is 0 Å². The first-order valence-corrected chi connectivity index (χ1v) is 5.62. The van der Waals surface area contributed by atoms with Crippen LogP contribution < -0.4 is 0 Å². The Hall–Kier alpha value is -1.75. The number of esters is 1.